The number of piperidine rings is 1. The number of rotatable bonds is 6. The molecular weight excluding hydrogens is 320 g/mol. The van der Waals surface area contributed by atoms with Crippen LogP contribution in [0.1, 0.15) is 35.7 Å². The first-order chi connectivity index (χ1) is 10.8. The van der Waals surface area contributed by atoms with Crippen LogP contribution in [0.5, 0.6) is 0 Å². The molecule has 23 heavy (non-hydrogen) atoms. The third-order valence-electron chi connectivity index (χ3n) is 3.70. The molecule has 0 radical (unpaired) electrons. The van der Waals surface area contributed by atoms with Gasteiger partial charge in [-0.05, 0) is 50.5 Å². The van der Waals surface area contributed by atoms with Crippen molar-refractivity contribution < 1.29 is 23.2 Å². The second-order valence-electron chi connectivity index (χ2n) is 5.58. The van der Waals surface area contributed by atoms with Crippen molar-refractivity contribution in [2.75, 3.05) is 19.7 Å². The van der Waals surface area contributed by atoms with E-state index >= 15 is 0 Å². The molecule has 0 unspecified atom stereocenters. The fraction of sp³-hybridized carbons (Fsp3) is 0.533. The minimum atomic E-state index is -3.74. The molecule has 0 aliphatic carbocycles. The van der Waals surface area contributed by atoms with Crippen molar-refractivity contribution in [3.63, 3.8) is 0 Å². The first kappa shape index (κ1) is 17.9. The highest BCUT2D eigenvalue weighted by Crippen LogP contribution is 2.18. The van der Waals surface area contributed by atoms with Gasteiger partial charge in [-0.1, -0.05) is 0 Å². The van der Waals surface area contributed by atoms with E-state index in [0.717, 1.165) is 0 Å². The van der Waals surface area contributed by atoms with Crippen LogP contribution in [0.15, 0.2) is 23.1 Å². The largest absolute Gasteiger partial charge is 0.478 e. The third-order valence-corrected chi connectivity index (χ3v) is 5.20. The van der Waals surface area contributed by atoms with Gasteiger partial charge in [0.2, 0.25) is 10.0 Å². The number of sulfonamides is 1. The number of aryl methyl sites for hydroxylation is 1. The molecule has 1 saturated heterocycles. The zero-order chi connectivity index (χ0) is 17.0. The van der Waals surface area contributed by atoms with Crippen LogP contribution in [0.25, 0.3) is 0 Å². The summed E-state index contributed by atoms with van der Waals surface area (Å²) in [6.45, 7) is 5.50. The number of hydrogen-bond acceptors (Lipinski definition) is 5. The van der Waals surface area contributed by atoms with Gasteiger partial charge < -0.3 is 5.11 Å². The van der Waals surface area contributed by atoms with E-state index in [4.69, 9.17) is 9.94 Å². The average Bonchev–Trinajstić information content (AvgIpc) is 2.48. The topological polar surface area (TPSA) is 95.9 Å². The molecule has 0 bridgehead atoms. The van der Waals surface area contributed by atoms with Crippen LogP contribution in [-0.4, -0.2) is 50.3 Å². The second kappa shape index (κ2) is 7.39. The number of benzene rings is 1. The molecule has 1 fully saturated rings. The summed E-state index contributed by atoms with van der Waals surface area (Å²) in [6.07, 6.45) is 1.30. The molecule has 0 saturated carbocycles. The molecule has 128 valence electrons. The van der Waals surface area contributed by atoms with Gasteiger partial charge in [-0.15, -0.1) is 0 Å². The number of carbonyl (C=O) groups is 1. The Hall–Kier alpha value is -1.48. The highest BCUT2D eigenvalue weighted by atomic mass is 32.2. The molecule has 0 aromatic heterocycles. The number of carboxylic acids is 1. The zero-order valence-corrected chi connectivity index (χ0v) is 14.1. The Morgan fingerprint density at radius 2 is 2.00 bits per heavy atom. The lowest BCUT2D eigenvalue weighted by molar-refractivity contribution is -0.166. The van der Waals surface area contributed by atoms with E-state index in [2.05, 4.69) is 4.72 Å². The Balaban J connectivity index is 2.09. The van der Waals surface area contributed by atoms with Gasteiger partial charge >= 0.3 is 5.97 Å². The number of nitrogens with zero attached hydrogens (tertiary/aromatic N) is 1. The molecule has 1 aromatic rings. The Morgan fingerprint density at radius 3 is 2.57 bits per heavy atom. The van der Waals surface area contributed by atoms with Crippen molar-refractivity contribution in [3.8, 4) is 0 Å². The minimum absolute atomic E-state index is 0.0119. The number of hydroxylamine groups is 2. The van der Waals surface area contributed by atoms with E-state index in [9.17, 15) is 13.2 Å². The quantitative estimate of drug-likeness (QED) is 0.811. The molecule has 2 rings (SSSR count). The Labute approximate surface area is 136 Å². The lowest BCUT2D eigenvalue weighted by Crippen LogP contribution is -2.44. The van der Waals surface area contributed by atoms with Gasteiger partial charge in [0.25, 0.3) is 0 Å². The Morgan fingerprint density at radius 1 is 1.35 bits per heavy atom. The first-order valence-corrected chi connectivity index (χ1v) is 9.05. The predicted octanol–water partition coefficient (Wildman–Crippen LogP) is 1.39. The van der Waals surface area contributed by atoms with Crippen LogP contribution < -0.4 is 4.72 Å². The van der Waals surface area contributed by atoms with Crippen molar-refractivity contribution in [2.45, 2.75) is 37.6 Å². The maximum Gasteiger partial charge on any atom is 0.335 e. The van der Waals surface area contributed by atoms with Gasteiger partial charge in [0, 0.05) is 19.1 Å². The normalized spacial score (nSPS) is 17.3. The van der Waals surface area contributed by atoms with Crippen LogP contribution in [0.2, 0.25) is 0 Å². The van der Waals surface area contributed by atoms with Crippen LogP contribution >= 0.6 is 0 Å². The van der Waals surface area contributed by atoms with Gasteiger partial charge in [-0.3, -0.25) is 4.84 Å². The third kappa shape index (κ3) is 4.74. The molecule has 1 aliphatic heterocycles. The van der Waals surface area contributed by atoms with Gasteiger partial charge in [0.1, 0.15) is 0 Å². The molecule has 1 heterocycles. The van der Waals surface area contributed by atoms with Crippen molar-refractivity contribution in [1.82, 2.24) is 9.79 Å². The zero-order valence-electron chi connectivity index (χ0n) is 13.3. The second-order valence-corrected chi connectivity index (χ2v) is 7.30. The number of hydrogen-bond donors (Lipinski definition) is 2. The molecule has 1 aromatic carbocycles. The molecule has 2 N–H and O–H groups in total. The molecule has 7 nitrogen and oxygen atoms in total. The fourth-order valence-corrected chi connectivity index (χ4v) is 4.03. The summed E-state index contributed by atoms with van der Waals surface area (Å²) >= 11 is 0. The molecule has 0 amide bonds. The van der Waals surface area contributed by atoms with Crippen LogP contribution in [-0.2, 0) is 14.9 Å². The molecule has 1 aliphatic rings. The van der Waals surface area contributed by atoms with Crippen LogP contribution in [0.4, 0.5) is 0 Å². The smallest absolute Gasteiger partial charge is 0.335 e. The van der Waals surface area contributed by atoms with Crippen molar-refractivity contribution in [3.05, 3.63) is 29.3 Å². The molecular formula is C15H22N2O5S. The van der Waals surface area contributed by atoms with E-state index in [0.29, 0.717) is 38.1 Å². The summed E-state index contributed by atoms with van der Waals surface area (Å²) < 4.78 is 27.6. The van der Waals surface area contributed by atoms with Crippen molar-refractivity contribution >= 4 is 16.0 Å². The highest BCUT2D eigenvalue weighted by molar-refractivity contribution is 7.89. The van der Waals surface area contributed by atoms with E-state index in [1.807, 2.05) is 12.0 Å². The van der Waals surface area contributed by atoms with Gasteiger partial charge in [-0.25, -0.2) is 17.9 Å². The lowest BCUT2D eigenvalue weighted by Gasteiger charge is -2.31. The predicted molar refractivity (Wildman–Crippen MR) is 84.7 cm³/mol. The summed E-state index contributed by atoms with van der Waals surface area (Å²) in [5.74, 6) is -1.14. The van der Waals surface area contributed by atoms with Gasteiger partial charge in [0.05, 0.1) is 17.1 Å². The van der Waals surface area contributed by atoms with Gasteiger partial charge in [0.15, 0.2) is 0 Å². The maximum atomic E-state index is 12.5. The van der Waals surface area contributed by atoms with E-state index in [1.54, 1.807) is 6.92 Å². The number of aromatic carboxylic acids is 1. The maximum absolute atomic E-state index is 12.5. The molecule has 0 atom stereocenters. The van der Waals surface area contributed by atoms with E-state index < -0.39 is 16.0 Å². The monoisotopic (exact) mass is 342 g/mol. The molecule has 8 heteroatoms. The first-order valence-electron chi connectivity index (χ1n) is 7.57. The minimum Gasteiger partial charge on any atom is -0.478 e. The van der Waals surface area contributed by atoms with Crippen molar-refractivity contribution in [2.24, 2.45) is 0 Å². The van der Waals surface area contributed by atoms with E-state index in [1.165, 1.54) is 18.2 Å². The summed E-state index contributed by atoms with van der Waals surface area (Å²) in [7, 11) is -3.74. The summed E-state index contributed by atoms with van der Waals surface area (Å²) in [5.41, 5.74) is 0.563. The average molecular weight is 342 g/mol. The Kier molecular flexibility index (Phi) is 5.74. The summed E-state index contributed by atoms with van der Waals surface area (Å²) in [5, 5.41) is 10.9. The Bertz CT molecular complexity index is 666. The van der Waals surface area contributed by atoms with Crippen LogP contribution in [0, 0.1) is 6.92 Å². The SMILES string of the molecule is CCON1CCC(NS(=O)(=O)c2cc(C)cc(C(=O)O)c2)CC1. The summed E-state index contributed by atoms with van der Waals surface area (Å²) in [6, 6.07) is 3.93. The van der Waals surface area contributed by atoms with E-state index in [-0.39, 0.29) is 16.5 Å². The van der Waals surface area contributed by atoms with Crippen molar-refractivity contribution in [1.29, 1.82) is 0 Å². The molecule has 0 spiro atoms. The fourth-order valence-electron chi connectivity index (χ4n) is 2.60. The van der Waals surface area contributed by atoms with Crippen LogP contribution in [0.3, 0.4) is 0 Å². The standard InChI is InChI=1S/C15H22N2O5S/c1-3-22-17-6-4-13(5-7-17)16-23(20,21)14-9-11(2)8-12(10-14)15(18)19/h8-10,13,16H,3-7H2,1-2H3,(H,18,19). The van der Waals surface area contributed by atoms with Gasteiger partial charge in [-0.2, -0.15) is 5.06 Å². The lowest BCUT2D eigenvalue weighted by atomic mass is 10.1. The number of carboxylic acid groups (broad SMARTS) is 1. The summed E-state index contributed by atoms with van der Waals surface area (Å²) in [4.78, 5) is 16.5. The number of nitrogens with one attached hydrogen (secondary N) is 1. The highest BCUT2D eigenvalue weighted by Gasteiger charge is 2.25.